The molecular weight excluding hydrogens is 384 g/mol. The van der Waals surface area contributed by atoms with Crippen LogP contribution >= 0.6 is 11.6 Å². The third-order valence-electron chi connectivity index (χ3n) is 4.75. The largest absolute Gasteiger partial charge is 0.494 e. The number of ether oxygens (including phenoxy) is 2. The molecular formula is C21H23ClO6. The number of hydrogen-bond donors (Lipinski definition) is 3. The van der Waals surface area contributed by atoms with Crippen molar-refractivity contribution in [2.75, 3.05) is 13.2 Å². The molecule has 6 nitrogen and oxygen atoms in total. The van der Waals surface area contributed by atoms with Crippen LogP contribution in [0.4, 0.5) is 0 Å². The van der Waals surface area contributed by atoms with Gasteiger partial charge in [-0.3, -0.25) is 4.79 Å². The summed E-state index contributed by atoms with van der Waals surface area (Å²) >= 11 is 6.34. The molecule has 150 valence electrons. The first kappa shape index (κ1) is 20.8. The number of aliphatic hydroxyl groups excluding tert-OH is 3. The Hall–Kier alpha value is -1.96. The van der Waals surface area contributed by atoms with Crippen molar-refractivity contribution in [2.45, 2.75) is 37.8 Å². The van der Waals surface area contributed by atoms with Crippen LogP contribution in [-0.2, 0) is 16.0 Å². The molecule has 7 heteroatoms. The van der Waals surface area contributed by atoms with E-state index in [1.807, 2.05) is 31.2 Å². The molecule has 3 rings (SSSR count). The quantitative estimate of drug-likeness (QED) is 0.679. The second-order valence-electron chi connectivity index (χ2n) is 6.67. The fraction of sp³-hybridized carbons (Fsp3) is 0.381. The standard InChI is InChI=1S/C21H23ClO6/c1-2-27-15-6-3-12(4-7-15)9-14-10-13(5-8-16(14)22)21-20(26)19(25)18(24)17(11-23)28-21/h3-8,10,17-18,20-21,23-24,26H,2,9,11H2,1H3/t17?,18-,20-,21+/m1/s1. The molecule has 0 aromatic heterocycles. The Bertz CT molecular complexity index is 822. The molecule has 0 spiro atoms. The van der Waals surface area contributed by atoms with E-state index < -0.39 is 36.8 Å². The van der Waals surface area contributed by atoms with Crippen molar-refractivity contribution in [3.05, 3.63) is 64.2 Å². The number of hydrogen-bond acceptors (Lipinski definition) is 6. The first-order valence-electron chi connectivity index (χ1n) is 9.10. The van der Waals surface area contributed by atoms with Crippen molar-refractivity contribution in [3.8, 4) is 5.75 Å². The van der Waals surface area contributed by atoms with Gasteiger partial charge in [0.25, 0.3) is 0 Å². The molecule has 2 aromatic rings. The first-order chi connectivity index (χ1) is 13.4. The molecule has 0 amide bonds. The third-order valence-corrected chi connectivity index (χ3v) is 5.12. The second kappa shape index (κ2) is 9.03. The van der Waals surface area contributed by atoms with E-state index in [-0.39, 0.29) is 0 Å². The molecule has 1 aliphatic rings. The molecule has 28 heavy (non-hydrogen) atoms. The smallest absolute Gasteiger partial charge is 0.195 e. The van der Waals surface area contributed by atoms with E-state index in [0.29, 0.717) is 23.6 Å². The number of benzene rings is 2. The van der Waals surface area contributed by atoms with E-state index in [4.69, 9.17) is 21.1 Å². The minimum atomic E-state index is -1.55. The zero-order valence-electron chi connectivity index (χ0n) is 15.4. The molecule has 0 radical (unpaired) electrons. The Morgan fingerprint density at radius 3 is 2.46 bits per heavy atom. The molecule has 0 bridgehead atoms. The van der Waals surface area contributed by atoms with Crippen molar-refractivity contribution < 1.29 is 29.6 Å². The summed E-state index contributed by atoms with van der Waals surface area (Å²) < 4.78 is 11.0. The van der Waals surface area contributed by atoms with Gasteiger partial charge in [0.2, 0.25) is 0 Å². The first-order valence-corrected chi connectivity index (χ1v) is 9.48. The van der Waals surface area contributed by atoms with Crippen LogP contribution < -0.4 is 4.74 Å². The molecule has 1 heterocycles. The van der Waals surface area contributed by atoms with Gasteiger partial charge in [0, 0.05) is 5.02 Å². The van der Waals surface area contributed by atoms with Gasteiger partial charge in [-0.1, -0.05) is 35.9 Å². The van der Waals surface area contributed by atoms with E-state index in [0.717, 1.165) is 16.9 Å². The van der Waals surface area contributed by atoms with E-state index in [9.17, 15) is 20.1 Å². The summed E-state index contributed by atoms with van der Waals surface area (Å²) in [6.45, 7) is 1.99. The zero-order valence-corrected chi connectivity index (χ0v) is 16.2. The van der Waals surface area contributed by atoms with Crippen LogP contribution in [0.5, 0.6) is 5.75 Å². The summed E-state index contributed by atoms with van der Waals surface area (Å²) in [6.07, 6.45) is -4.58. The molecule has 4 atom stereocenters. The Kier molecular flexibility index (Phi) is 6.69. The highest BCUT2D eigenvalue weighted by atomic mass is 35.5. The van der Waals surface area contributed by atoms with Gasteiger partial charge >= 0.3 is 0 Å². The maximum absolute atomic E-state index is 12.1. The van der Waals surface area contributed by atoms with E-state index in [2.05, 4.69) is 0 Å². The summed E-state index contributed by atoms with van der Waals surface area (Å²) in [4.78, 5) is 12.1. The summed E-state index contributed by atoms with van der Waals surface area (Å²) in [7, 11) is 0. The van der Waals surface area contributed by atoms with Gasteiger partial charge in [0.05, 0.1) is 13.2 Å². The fourth-order valence-corrected chi connectivity index (χ4v) is 3.43. The minimum Gasteiger partial charge on any atom is -0.494 e. The van der Waals surface area contributed by atoms with Crippen molar-refractivity contribution in [3.63, 3.8) is 0 Å². The van der Waals surface area contributed by atoms with Gasteiger partial charge in [-0.15, -0.1) is 0 Å². The van der Waals surface area contributed by atoms with Gasteiger partial charge in [0.1, 0.15) is 30.2 Å². The van der Waals surface area contributed by atoms with Crippen molar-refractivity contribution in [1.82, 2.24) is 0 Å². The highest BCUT2D eigenvalue weighted by Crippen LogP contribution is 2.33. The Morgan fingerprint density at radius 1 is 1.11 bits per heavy atom. The summed E-state index contributed by atoms with van der Waals surface area (Å²) in [5.74, 6) is 0.0234. The molecule has 1 fully saturated rings. The van der Waals surface area contributed by atoms with Crippen LogP contribution in [0.1, 0.15) is 29.7 Å². The number of rotatable bonds is 6. The van der Waals surface area contributed by atoms with Crippen molar-refractivity contribution in [1.29, 1.82) is 0 Å². The van der Waals surface area contributed by atoms with Gasteiger partial charge in [-0.2, -0.15) is 0 Å². The lowest BCUT2D eigenvalue weighted by Crippen LogP contribution is -2.52. The maximum Gasteiger partial charge on any atom is 0.195 e. The summed E-state index contributed by atoms with van der Waals surface area (Å²) in [5.41, 5.74) is 2.38. The third kappa shape index (κ3) is 4.37. The topological polar surface area (TPSA) is 96.2 Å². The van der Waals surface area contributed by atoms with Crippen LogP contribution in [-0.4, -0.2) is 52.6 Å². The lowest BCUT2D eigenvalue weighted by atomic mass is 9.91. The van der Waals surface area contributed by atoms with Crippen LogP contribution in [0.15, 0.2) is 42.5 Å². The maximum atomic E-state index is 12.1. The average Bonchev–Trinajstić information content (AvgIpc) is 2.70. The van der Waals surface area contributed by atoms with Crippen LogP contribution in [0.25, 0.3) is 0 Å². The van der Waals surface area contributed by atoms with E-state index in [1.165, 1.54) is 0 Å². The van der Waals surface area contributed by atoms with E-state index in [1.54, 1.807) is 18.2 Å². The van der Waals surface area contributed by atoms with E-state index >= 15 is 0 Å². The Balaban J connectivity index is 1.83. The monoisotopic (exact) mass is 406 g/mol. The van der Waals surface area contributed by atoms with Crippen molar-refractivity contribution >= 4 is 17.4 Å². The van der Waals surface area contributed by atoms with Crippen molar-refractivity contribution in [2.24, 2.45) is 0 Å². The highest BCUT2D eigenvalue weighted by Gasteiger charge is 2.43. The Labute approximate surface area is 168 Å². The number of carbonyl (C=O) groups is 1. The molecule has 0 saturated carbocycles. The fourth-order valence-electron chi connectivity index (χ4n) is 3.25. The molecule has 0 aliphatic carbocycles. The molecule has 1 aliphatic heterocycles. The number of halogens is 1. The molecule has 1 unspecified atom stereocenters. The van der Waals surface area contributed by atoms with Crippen LogP contribution in [0.3, 0.4) is 0 Å². The Morgan fingerprint density at radius 2 is 1.82 bits per heavy atom. The lowest BCUT2D eigenvalue weighted by molar-refractivity contribution is -0.189. The predicted octanol–water partition coefficient (Wildman–Crippen LogP) is 2.05. The number of Topliss-reactive ketones (excluding diaryl/α,β-unsaturated/α-hetero) is 1. The highest BCUT2D eigenvalue weighted by molar-refractivity contribution is 6.31. The second-order valence-corrected chi connectivity index (χ2v) is 7.08. The van der Waals surface area contributed by atoms with Gasteiger partial charge in [-0.05, 0) is 48.2 Å². The predicted molar refractivity (Wildman–Crippen MR) is 104 cm³/mol. The normalized spacial score (nSPS) is 25.0. The van der Waals surface area contributed by atoms with Gasteiger partial charge in [0.15, 0.2) is 5.78 Å². The molecule has 3 N–H and O–H groups in total. The minimum absolute atomic E-state index is 0.525. The number of aliphatic hydroxyl groups is 3. The molecule has 2 aromatic carbocycles. The van der Waals surface area contributed by atoms with Gasteiger partial charge < -0.3 is 24.8 Å². The SMILES string of the molecule is CCOc1ccc(Cc2cc([C@@H]3OC(CO)[C@@H](O)C(=O)[C@H]3O)ccc2Cl)cc1. The summed E-state index contributed by atoms with van der Waals surface area (Å²) in [6, 6.07) is 12.8. The number of ketones is 1. The summed E-state index contributed by atoms with van der Waals surface area (Å²) in [5, 5.41) is 29.9. The van der Waals surface area contributed by atoms with Crippen LogP contribution in [0.2, 0.25) is 5.02 Å². The number of carbonyl (C=O) groups excluding carboxylic acids is 1. The van der Waals surface area contributed by atoms with Gasteiger partial charge in [-0.25, -0.2) is 0 Å². The molecule has 1 saturated heterocycles. The lowest BCUT2D eigenvalue weighted by Gasteiger charge is -2.35. The zero-order chi connectivity index (χ0) is 20.3. The van der Waals surface area contributed by atoms with Crippen LogP contribution in [0, 0.1) is 0 Å². The average molecular weight is 407 g/mol.